The normalized spacial score (nSPS) is 14.8. The van der Waals surface area contributed by atoms with Crippen LogP contribution in [0.2, 0.25) is 0 Å². The smallest absolute Gasteiger partial charge is 0.317 e. The summed E-state index contributed by atoms with van der Waals surface area (Å²) >= 11 is 1.60. The number of ether oxygens (including phenoxy) is 1. The van der Waals surface area contributed by atoms with Crippen molar-refractivity contribution >= 4 is 32.9 Å². The van der Waals surface area contributed by atoms with Crippen LogP contribution in [0.3, 0.4) is 0 Å². The monoisotopic (exact) mass is 456 g/mol. The van der Waals surface area contributed by atoms with Gasteiger partial charge in [0, 0.05) is 24.4 Å². The quantitative estimate of drug-likeness (QED) is 0.577. The van der Waals surface area contributed by atoms with Crippen LogP contribution >= 0.6 is 11.3 Å². The van der Waals surface area contributed by atoms with Crippen LogP contribution in [0.15, 0.2) is 47.0 Å². The number of hydrogen-bond acceptors (Lipinski definition) is 6. The Labute approximate surface area is 186 Å². The molecular weight excluding hydrogens is 432 g/mol. The van der Waals surface area contributed by atoms with Gasteiger partial charge in [0.25, 0.3) is 0 Å². The highest BCUT2D eigenvalue weighted by atomic mass is 32.2. The van der Waals surface area contributed by atoms with Crippen molar-refractivity contribution in [3.05, 3.63) is 53.7 Å². The number of fused-ring (bicyclic) bond motifs is 1. The van der Waals surface area contributed by atoms with E-state index in [1.807, 2.05) is 63.5 Å². The van der Waals surface area contributed by atoms with Gasteiger partial charge in [0.05, 0.1) is 22.4 Å². The summed E-state index contributed by atoms with van der Waals surface area (Å²) in [6, 6.07) is 11.8. The predicted molar refractivity (Wildman–Crippen MR) is 126 cm³/mol. The number of nitrogens with two attached hydrogens (primary N) is 1. The zero-order valence-corrected chi connectivity index (χ0v) is 19.2. The first-order valence-electron chi connectivity index (χ1n) is 9.94. The van der Waals surface area contributed by atoms with Crippen LogP contribution in [0.5, 0.6) is 5.75 Å². The van der Waals surface area contributed by atoms with E-state index in [0.717, 1.165) is 50.0 Å². The molecule has 1 aliphatic carbocycles. The van der Waals surface area contributed by atoms with Crippen LogP contribution < -0.4 is 15.2 Å². The van der Waals surface area contributed by atoms with Crippen molar-refractivity contribution < 1.29 is 13.2 Å². The fourth-order valence-electron chi connectivity index (χ4n) is 3.73. The summed E-state index contributed by atoms with van der Waals surface area (Å²) in [5.74, 6) is 0.806. The van der Waals surface area contributed by atoms with Gasteiger partial charge in [0.1, 0.15) is 10.8 Å². The minimum Gasteiger partial charge on any atom is -0.489 e. The molecule has 1 heterocycles. The molecular formula is C22H24N4O3S2. The van der Waals surface area contributed by atoms with E-state index in [9.17, 15) is 8.42 Å². The first kappa shape index (κ1) is 21.5. The fourth-order valence-corrected chi connectivity index (χ4v) is 5.19. The molecule has 0 spiro atoms. The molecule has 1 aliphatic rings. The average Bonchev–Trinajstić information content (AvgIpc) is 3.34. The molecule has 0 unspecified atom stereocenters. The number of benzene rings is 2. The van der Waals surface area contributed by atoms with Gasteiger partial charge in [0.2, 0.25) is 0 Å². The van der Waals surface area contributed by atoms with E-state index in [2.05, 4.69) is 14.7 Å². The highest BCUT2D eigenvalue weighted by Crippen LogP contribution is 2.39. The molecule has 3 N–H and O–H groups in total. The van der Waals surface area contributed by atoms with Crippen LogP contribution in [0.1, 0.15) is 31.4 Å². The van der Waals surface area contributed by atoms with Crippen LogP contribution in [0.4, 0.5) is 5.69 Å². The standard InChI is InChI=1S/C22H24N4O3S2/c1-13(2)29-20-10-7-14(11-19(20)24-3)22-25-12-21(30-22)17-6-4-5-16-15(17)8-9-18(16)26-31(23,27)28/h4-7,10-13,24H,8-9H2,1-3H3,(H2,23,27,28)/b26-18-. The van der Waals surface area contributed by atoms with Crippen LogP contribution in [0.25, 0.3) is 21.0 Å². The third kappa shape index (κ3) is 4.63. The van der Waals surface area contributed by atoms with Crippen molar-refractivity contribution in [1.82, 2.24) is 4.98 Å². The molecule has 0 radical (unpaired) electrons. The van der Waals surface area contributed by atoms with Gasteiger partial charge in [-0.2, -0.15) is 12.8 Å². The minimum absolute atomic E-state index is 0.0901. The van der Waals surface area contributed by atoms with E-state index < -0.39 is 10.2 Å². The second-order valence-corrected chi connectivity index (χ2v) is 9.79. The topological polar surface area (TPSA) is 107 Å². The molecule has 0 aliphatic heterocycles. The SMILES string of the molecule is CNc1cc(-c2ncc(-c3cccc4c3CC/C4=N/S(N)(=O)=O)s2)ccc1OC(C)C. The molecule has 3 aromatic rings. The summed E-state index contributed by atoms with van der Waals surface area (Å²) in [4.78, 5) is 5.66. The third-order valence-electron chi connectivity index (χ3n) is 4.97. The van der Waals surface area contributed by atoms with Gasteiger partial charge in [0.15, 0.2) is 0 Å². The lowest BCUT2D eigenvalue weighted by Crippen LogP contribution is -2.11. The molecule has 4 rings (SSSR count). The molecule has 0 bridgehead atoms. The Hall–Kier alpha value is -2.75. The van der Waals surface area contributed by atoms with E-state index in [0.29, 0.717) is 12.1 Å². The highest BCUT2D eigenvalue weighted by molar-refractivity contribution is 7.88. The van der Waals surface area contributed by atoms with Crippen molar-refractivity contribution in [2.45, 2.75) is 32.8 Å². The summed E-state index contributed by atoms with van der Waals surface area (Å²) in [5, 5.41) is 9.20. The van der Waals surface area contributed by atoms with Gasteiger partial charge >= 0.3 is 10.2 Å². The van der Waals surface area contributed by atoms with Crippen LogP contribution in [-0.2, 0) is 16.6 Å². The lowest BCUT2D eigenvalue weighted by Gasteiger charge is -2.14. The Morgan fingerprint density at radius 2 is 1.97 bits per heavy atom. The Morgan fingerprint density at radius 1 is 1.19 bits per heavy atom. The summed E-state index contributed by atoms with van der Waals surface area (Å²) in [7, 11) is -2.05. The summed E-state index contributed by atoms with van der Waals surface area (Å²) in [5.41, 5.74) is 5.40. The van der Waals surface area contributed by atoms with Gasteiger partial charge in [-0.15, -0.1) is 11.3 Å². The zero-order valence-electron chi connectivity index (χ0n) is 17.5. The number of hydrogen-bond donors (Lipinski definition) is 2. The molecule has 0 saturated heterocycles. The summed E-state index contributed by atoms with van der Waals surface area (Å²) in [6.07, 6.45) is 3.23. The third-order valence-corrected chi connectivity index (χ3v) is 6.52. The van der Waals surface area contributed by atoms with E-state index in [1.54, 1.807) is 11.3 Å². The number of nitrogens with one attached hydrogen (secondary N) is 1. The molecule has 0 atom stereocenters. The van der Waals surface area contributed by atoms with Gasteiger partial charge in [-0.3, -0.25) is 0 Å². The lowest BCUT2D eigenvalue weighted by atomic mass is 10.0. The number of aromatic nitrogens is 1. The van der Waals surface area contributed by atoms with E-state index in [-0.39, 0.29) is 6.10 Å². The van der Waals surface area contributed by atoms with Gasteiger partial charge < -0.3 is 10.1 Å². The Kier molecular flexibility index (Phi) is 5.83. The van der Waals surface area contributed by atoms with Crippen molar-refractivity contribution in [2.75, 3.05) is 12.4 Å². The Balaban J connectivity index is 1.69. The van der Waals surface area contributed by atoms with E-state index in [1.165, 1.54) is 0 Å². The van der Waals surface area contributed by atoms with Crippen LogP contribution in [0, 0.1) is 0 Å². The molecule has 1 aromatic heterocycles. The molecule has 2 aromatic carbocycles. The van der Waals surface area contributed by atoms with Crippen molar-refractivity contribution in [3.8, 4) is 26.8 Å². The average molecular weight is 457 g/mol. The largest absolute Gasteiger partial charge is 0.489 e. The summed E-state index contributed by atoms with van der Waals surface area (Å²) < 4.78 is 32.4. The van der Waals surface area contributed by atoms with Gasteiger partial charge in [-0.05, 0) is 56.0 Å². The van der Waals surface area contributed by atoms with Crippen molar-refractivity contribution in [3.63, 3.8) is 0 Å². The fraction of sp³-hybridized carbons (Fsp3) is 0.273. The first-order valence-corrected chi connectivity index (χ1v) is 12.3. The summed E-state index contributed by atoms with van der Waals surface area (Å²) in [6.45, 7) is 4.00. The second-order valence-electron chi connectivity index (χ2n) is 7.54. The number of rotatable bonds is 6. The van der Waals surface area contributed by atoms with Gasteiger partial charge in [-0.1, -0.05) is 18.2 Å². The van der Waals surface area contributed by atoms with Crippen LogP contribution in [-0.4, -0.2) is 32.3 Å². The maximum Gasteiger partial charge on any atom is 0.317 e. The highest BCUT2D eigenvalue weighted by Gasteiger charge is 2.23. The molecule has 7 nitrogen and oxygen atoms in total. The van der Waals surface area contributed by atoms with E-state index >= 15 is 0 Å². The molecule has 9 heteroatoms. The number of anilines is 1. The number of thiazole rings is 1. The lowest BCUT2D eigenvalue weighted by molar-refractivity contribution is 0.244. The molecule has 31 heavy (non-hydrogen) atoms. The predicted octanol–water partition coefficient (Wildman–Crippen LogP) is 4.24. The maximum absolute atomic E-state index is 11.4. The van der Waals surface area contributed by atoms with E-state index in [4.69, 9.17) is 9.88 Å². The Bertz CT molecular complexity index is 1260. The van der Waals surface area contributed by atoms with Gasteiger partial charge in [-0.25, -0.2) is 10.1 Å². The molecule has 0 amide bonds. The van der Waals surface area contributed by atoms with Crippen molar-refractivity contribution in [1.29, 1.82) is 0 Å². The Morgan fingerprint density at radius 3 is 2.68 bits per heavy atom. The molecule has 162 valence electrons. The zero-order chi connectivity index (χ0) is 22.2. The molecule has 0 saturated carbocycles. The number of nitrogens with zero attached hydrogens (tertiary/aromatic N) is 2. The second kappa shape index (κ2) is 8.41. The first-order chi connectivity index (χ1) is 14.7. The molecule has 0 fully saturated rings. The minimum atomic E-state index is -3.92. The van der Waals surface area contributed by atoms with Crippen molar-refractivity contribution in [2.24, 2.45) is 9.54 Å². The maximum atomic E-state index is 11.4.